The van der Waals surface area contributed by atoms with E-state index in [9.17, 15) is 19.5 Å². The van der Waals surface area contributed by atoms with Gasteiger partial charge >= 0.3 is 12.1 Å². The zero-order valence-electron chi connectivity index (χ0n) is 23.1. The molecule has 0 bridgehead atoms. The lowest BCUT2D eigenvalue weighted by Gasteiger charge is -2.22. The van der Waals surface area contributed by atoms with Gasteiger partial charge in [0.15, 0.2) is 6.04 Å². The van der Waals surface area contributed by atoms with Crippen molar-refractivity contribution < 1.29 is 29.0 Å². The number of benzene rings is 3. The number of carbonyl (C=O) groups excluding carboxylic acids is 2. The highest BCUT2D eigenvalue weighted by Gasteiger charge is 2.33. The minimum atomic E-state index is -1.15. The van der Waals surface area contributed by atoms with Crippen LogP contribution in [0.2, 0.25) is 0 Å². The number of alkyl carbamates (subject to hydrolysis) is 1. The van der Waals surface area contributed by atoms with Crippen molar-refractivity contribution in [3.05, 3.63) is 95.6 Å². The van der Waals surface area contributed by atoms with Crippen molar-refractivity contribution in [3.63, 3.8) is 0 Å². The van der Waals surface area contributed by atoms with Crippen LogP contribution in [0.1, 0.15) is 55.2 Å². The fourth-order valence-corrected chi connectivity index (χ4v) is 5.97. The second-order valence-corrected chi connectivity index (χ2v) is 10.9. The largest absolute Gasteiger partial charge is 0.480 e. The lowest BCUT2D eigenvalue weighted by atomic mass is 9.98. The van der Waals surface area contributed by atoms with Gasteiger partial charge in [0.2, 0.25) is 5.91 Å². The van der Waals surface area contributed by atoms with Crippen LogP contribution in [-0.2, 0) is 25.7 Å². The van der Waals surface area contributed by atoms with E-state index in [1.165, 1.54) is 11.1 Å². The number of rotatable bonds is 11. The van der Waals surface area contributed by atoms with Gasteiger partial charge in [0.25, 0.3) is 0 Å². The van der Waals surface area contributed by atoms with Gasteiger partial charge in [-0.05, 0) is 59.9 Å². The second-order valence-electron chi connectivity index (χ2n) is 10.9. The molecule has 2 aliphatic rings. The fourth-order valence-electron chi connectivity index (χ4n) is 5.97. The Bertz CT molecular complexity index is 1330. The van der Waals surface area contributed by atoms with E-state index >= 15 is 0 Å². The van der Waals surface area contributed by atoms with Crippen molar-refractivity contribution in [2.45, 2.75) is 63.3 Å². The van der Waals surface area contributed by atoms with E-state index in [2.05, 4.69) is 34.9 Å². The topological polar surface area (TPSA) is 114 Å². The second kappa shape index (κ2) is 13.0. The highest BCUT2D eigenvalue weighted by molar-refractivity contribution is 5.84. The van der Waals surface area contributed by atoms with Gasteiger partial charge in [-0.15, -0.1) is 0 Å². The maximum Gasteiger partial charge on any atom is 0.407 e. The molecule has 1 fully saturated rings. The Balaban J connectivity index is 1.06. The number of hydrogen-bond acceptors (Lipinski definition) is 5. The van der Waals surface area contributed by atoms with Crippen molar-refractivity contribution in [3.8, 4) is 11.1 Å². The third-order valence-electron chi connectivity index (χ3n) is 8.09. The lowest BCUT2D eigenvalue weighted by Crippen LogP contribution is -2.48. The number of hydrogen-bond donors (Lipinski definition) is 3. The monoisotopic (exact) mass is 556 g/mol. The quantitative estimate of drug-likeness (QED) is 0.297. The summed E-state index contributed by atoms with van der Waals surface area (Å²) >= 11 is 0. The Morgan fingerprint density at radius 3 is 2.20 bits per heavy atom. The van der Waals surface area contributed by atoms with Crippen LogP contribution in [-0.4, -0.2) is 47.9 Å². The summed E-state index contributed by atoms with van der Waals surface area (Å²) in [5.74, 6) is -1.43. The Hall–Kier alpha value is -4.17. The summed E-state index contributed by atoms with van der Waals surface area (Å²) < 4.78 is 11.4. The summed E-state index contributed by atoms with van der Waals surface area (Å²) in [6, 6.07) is 24.6. The molecule has 0 radical (unpaired) electrons. The van der Waals surface area contributed by atoms with Crippen LogP contribution in [0.15, 0.2) is 78.9 Å². The molecule has 3 N–H and O–H groups in total. The van der Waals surface area contributed by atoms with E-state index in [0.29, 0.717) is 6.42 Å². The zero-order valence-corrected chi connectivity index (χ0v) is 23.1. The Labute approximate surface area is 240 Å². The van der Waals surface area contributed by atoms with Crippen molar-refractivity contribution in [2.75, 3.05) is 6.61 Å². The van der Waals surface area contributed by atoms with E-state index in [-0.39, 0.29) is 43.4 Å². The van der Waals surface area contributed by atoms with Crippen molar-refractivity contribution in [2.24, 2.45) is 5.92 Å². The van der Waals surface area contributed by atoms with Crippen LogP contribution >= 0.6 is 0 Å². The maximum atomic E-state index is 12.7. The van der Waals surface area contributed by atoms with Gasteiger partial charge in [0.05, 0.1) is 12.7 Å². The van der Waals surface area contributed by atoms with E-state index in [4.69, 9.17) is 9.47 Å². The Morgan fingerprint density at radius 2 is 1.54 bits per heavy atom. The minimum absolute atomic E-state index is 0.00517. The van der Waals surface area contributed by atoms with E-state index in [1.807, 2.05) is 54.6 Å². The first kappa shape index (κ1) is 28.4. The molecule has 1 saturated carbocycles. The molecule has 3 aromatic rings. The molecule has 3 aromatic carbocycles. The van der Waals surface area contributed by atoms with Crippen LogP contribution in [0.25, 0.3) is 11.1 Å². The van der Waals surface area contributed by atoms with E-state index in [1.54, 1.807) is 6.92 Å². The molecule has 0 saturated heterocycles. The van der Waals surface area contributed by atoms with Crippen LogP contribution < -0.4 is 10.6 Å². The summed E-state index contributed by atoms with van der Waals surface area (Å²) in [6.45, 7) is 2.15. The first-order chi connectivity index (χ1) is 19.9. The molecule has 4 atom stereocenters. The minimum Gasteiger partial charge on any atom is -0.480 e. The Morgan fingerprint density at radius 1 is 0.902 bits per heavy atom. The summed E-state index contributed by atoms with van der Waals surface area (Å²) in [5, 5.41) is 15.3. The summed E-state index contributed by atoms with van der Waals surface area (Å²) in [5.41, 5.74) is 5.60. The average Bonchev–Trinajstić information content (AvgIpc) is 3.55. The third-order valence-corrected chi connectivity index (χ3v) is 8.09. The molecule has 0 aromatic heterocycles. The first-order valence-electron chi connectivity index (χ1n) is 14.2. The Kier molecular flexibility index (Phi) is 8.99. The number of carbonyl (C=O) groups is 3. The molecule has 41 heavy (non-hydrogen) atoms. The summed E-state index contributed by atoms with van der Waals surface area (Å²) in [7, 11) is 0. The van der Waals surface area contributed by atoms with Crippen LogP contribution in [0.4, 0.5) is 4.79 Å². The molecular formula is C33H36N2O6. The summed E-state index contributed by atoms with van der Waals surface area (Å²) in [4.78, 5) is 37.2. The SMILES string of the molecule is C[C@H](OCc1ccccc1)[C@@H](NC(=O)C[C@@H]1CC[C@H](NC(=O)OCC2c3ccccc3-c3ccccc32)C1)C(=O)O. The van der Waals surface area contributed by atoms with Gasteiger partial charge in [0, 0.05) is 18.4 Å². The number of fused-ring (bicyclic) bond motifs is 3. The van der Waals surface area contributed by atoms with Crippen molar-refractivity contribution in [1.29, 1.82) is 0 Å². The molecule has 0 heterocycles. The molecule has 5 rings (SSSR count). The van der Waals surface area contributed by atoms with Gasteiger partial charge in [-0.3, -0.25) is 4.79 Å². The number of aliphatic carboxylic acids is 1. The molecule has 214 valence electrons. The number of nitrogens with one attached hydrogen (secondary N) is 2. The van der Waals surface area contributed by atoms with Gasteiger partial charge in [-0.2, -0.15) is 0 Å². The van der Waals surface area contributed by atoms with Gasteiger partial charge in [0.1, 0.15) is 6.61 Å². The number of carboxylic acids is 1. The normalized spacial score (nSPS) is 19.0. The van der Waals surface area contributed by atoms with E-state index < -0.39 is 24.2 Å². The predicted octanol–water partition coefficient (Wildman–Crippen LogP) is 5.26. The fraction of sp³-hybridized carbons (Fsp3) is 0.364. The van der Waals surface area contributed by atoms with Crippen molar-refractivity contribution in [1.82, 2.24) is 10.6 Å². The standard InChI is InChI=1S/C33H36N2O6/c1-21(40-19-22-9-3-2-4-10-22)31(32(37)38)35-30(36)18-23-15-16-24(17-23)34-33(39)41-20-29-27-13-7-5-11-25(27)26-12-6-8-14-28(26)29/h2-14,21,23-24,29,31H,15-20H2,1H3,(H,34,39)(H,35,36)(H,37,38)/t21-,23+,24-,31+/m0/s1. The van der Waals surface area contributed by atoms with Gasteiger partial charge < -0.3 is 25.2 Å². The molecule has 0 aliphatic heterocycles. The molecule has 2 aliphatic carbocycles. The maximum absolute atomic E-state index is 12.7. The lowest BCUT2D eigenvalue weighted by molar-refractivity contribution is -0.146. The van der Waals surface area contributed by atoms with Gasteiger partial charge in [-0.1, -0.05) is 78.9 Å². The number of carboxylic acid groups (broad SMARTS) is 1. The smallest absolute Gasteiger partial charge is 0.407 e. The van der Waals surface area contributed by atoms with Crippen LogP contribution in [0.3, 0.4) is 0 Å². The predicted molar refractivity (Wildman–Crippen MR) is 154 cm³/mol. The summed E-state index contributed by atoms with van der Waals surface area (Å²) in [6.07, 6.45) is 1.16. The van der Waals surface area contributed by atoms with Gasteiger partial charge in [-0.25, -0.2) is 9.59 Å². The zero-order chi connectivity index (χ0) is 28.8. The average molecular weight is 557 g/mol. The third kappa shape index (κ3) is 6.95. The van der Waals surface area contributed by atoms with Crippen LogP contribution in [0.5, 0.6) is 0 Å². The first-order valence-corrected chi connectivity index (χ1v) is 14.2. The highest BCUT2D eigenvalue weighted by atomic mass is 16.5. The van der Waals surface area contributed by atoms with Crippen LogP contribution in [0, 0.1) is 5.92 Å². The molecule has 0 unspecified atom stereocenters. The highest BCUT2D eigenvalue weighted by Crippen LogP contribution is 2.44. The van der Waals surface area contributed by atoms with Crippen molar-refractivity contribution >= 4 is 18.0 Å². The molecule has 8 heteroatoms. The molecule has 0 spiro atoms. The molecule has 8 nitrogen and oxygen atoms in total. The molecular weight excluding hydrogens is 520 g/mol. The molecule has 2 amide bonds. The number of amides is 2. The van der Waals surface area contributed by atoms with E-state index in [0.717, 1.165) is 29.5 Å². The number of ether oxygens (including phenoxy) is 2.